The van der Waals surface area contributed by atoms with Crippen LogP contribution in [0.5, 0.6) is 5.75 Å². The summed E-state index contributed by atoms with van der Waals surface area (Å²) in [7, 11) is 0. The molecule has 0 bridgehead atoms. The van der Waals surface area contributed by atoms with Crippen molar-refractivity contribution in [1.82, 2.24) is 0 Å². The number of hydrogen-bond donors (Lipinski definition) is 1. The summed E-state index contributed by atoms with van der Waals surface area (Å²) in [4.78, 5) is 12.3. The van der Waals surface area contributed by atoms with Gasteiger partial charge in [-0.05, 0) is 42.3 Å². The Labute approximate surface area is 122 Å². The molecule has 0 saturated carbocycles. The summed E-state index contributed by atoms with van der Waals surface area (Å²) >= 11 is 5.99. The second-order valence-corrected chi connectivity index (χ2v) is 5.46. The number of aryl methyl sites for hydroxylation is 1. The molecule has 1 atom stereocenters. The van der Waals surface area contributed by atoms with Gasteiger partial charge in [0, 0.05) is 5.02 Å². The summed E-state index contributed by atoms with van der Waals surface area (Å²) in [6, 6.07) is 11.0. The van der Waals surface area contributed by atoms with Crippen LogP contribution in [0.25, 0.3) is 0 Å². The molecule has 20 heavy (non-hydrogen) atoms. The van der Waals surface area contributed by atoms with E-state index < -0.39 is 0 Å². The van der Waals surface area contributed by atoms with Crippen LogP contribution in [-0.2, 0) is 0 Å². The van der Waals surface area contributed by atoms with E-state index in [1.165, 1.54) is 0 Å². The number of rotatable bonds is 1. The lowest BCUT2D eigenvalue weighted by atomic mass is 9.94. The molecule has 1 unspecified atom stereocenters. The number of benzene rings is 2. The molecule has 2 N–H and O–H groups in total. The number of fused-ring (bicyclic) bond motifs is 1. The lowest BCUT2D eigenvalue weighted by Gasteiger charge is -2.27. The number of hydrogen-bond acceptors (Lipinski definition) is 3. The molecule has 0 aromatic heterocycles. The highest BCUT2D eigenvalue weighted by atomic mass is 35.5. The SMILES string of the molecule is Cc1cc(N)c2c(c1)C(=O)CC(c1cccc(Cl)c1)O2. The highest BCUT2D eigenvalue weighted by Gasteiger charge is 2.29. The van der Waals surface area contributed by atoms with Crippen LogP contribution < -0.4 is 10.5 Å². The molecule has 1 aliphatic rings. The number of halogens is 1. The maximum atomic E-state index is 12.3. The average Bonchev–Trinajstić information content (AvgIpc) is 2.39. The molecule has 0 spiro atoms. The molecule has 3 nitrogen and oxygen atoms in total. The molecule has 3 rings (SSSR count). The van der Waals surface area contributed by atoms with E-state index in [2.05, 4.69) is 0 Å². The third-order valence-electron chi connectivity index (χ3n) is 3.41. The van der Waals surface area contributed by atoms with Gasteiger partial charge in [0.2, 0.25) is 0 Å². The van der Waals surface area contributed by atoms with E-state index in [0.29, 0.717) is 28.4 Å². The Balaban J connectivity index is 2.02. The molecule has 4 heteroatoms. The van der Waals surface area contributed by atoms with Gasteiger partial charge in [0.05, 0.1) is 17.7 Å². The Morgan fingerprint density at radius 3 is 2.85 bits per heavy atom. The molecule has 2 aromatic rings. The van der Waals surface area contributed by atoms with Crippen LogP contribution in [0.15, 0.2) is 36.4 Å². The van der Waals surface area contributed by atoms with Crippen LogP contribution in [-0.4, -0.2) is 5.78 Å². The zero-order valence-electron chi connectivity index (χ0n) is 11.0. The second kappa shape index (κ2) is 4.84. The van der Waals surface area contributed by atoms with Crippen LogP contribution in [0, 0.1) is 6.92 Å². The Kier molecular flexibility index (Phi) is 3.14. The van der Waals surface area contributed by atoms with Gasteiger partial charge in [-0.15, -0.1) is 0 Å². The fourth-order valence-corrected chi connectivity index (χ4v) is 2.69. The van der Waals surface area contributed by atoms with Crippen LogP contribution >= 0.6 is 11.6 Å². The number of Topliss-reactive ketones (excluding diaryl/α,β-unsaturated/α-hetero) is 1. The summed E-state index contributed by atoms with van der Waals surface area (Å²) in [5.41, 5.74) is 8.88. The molecule has 2 aromatic carbocycles. The van der Waals surface area contributed by atoms with E-state index in [1.54, 1.807) is 6.07 Å². The Morgan fingerprint density at radius 2 is 2.10 bits per heavy atom. The first-order valence-electron chi connectivity index (χ1n) is 6.40. The van der Waals surface area contributed by atoms with Gasteiger partial charge < -0.3 is 10.5 Å². The van der Waals surface area contributed by atoms with Crippen LogP contribution in [0.2, 0.25) is 5.02 Å². The second-order valence-electron chi connectivity index (χ2n) is 5.02. The predicted octanol–water partition coefficient (Wildman–Crippen LogP) is 3.94. The highest BCUT2D eigenvalue weighted by Crippen LogP contribution is 2.39. The Morgan fingerprint density at radius 1 is 1.30 bits per heavy atom. The van der Waals surface area contributed by atoms with E-state index in [0.717, 1.165) is 11.1 Å². The molecule has 0 amide bonds. The van der Waals surface area contributed by atoms with E-state index >= 15 is 0 Å². The fraction of sp³-hybridized carbons (Fsp3) is 0.188. The van der Waals surface area contributed by atoms with Gasteiger partial charge in [-0.25, -0.2) is 0 Å². The van der Waals surface area contributed by atoms with Crippen molar-refractivity contribution < 1.29 is 9.53 Å². The molecule has 0 radical (unpaired) electrons. The van der Waals surface area contributed by atoms with Crippen LogP contribution in [0.4, 0.5) is 5.69 Å². The fourth-order valence-electron chi connectivity index (χ4n) is 2.49. The topological polar surface area (TPSA) is 52.3 Å². The normalized spacial score (nSPS) is 17.5. The third-order valence-corrected chi connectivity index (χ3v) is 3.65. The third kappa shape index (κ3) is 2.25. The minimum absolute atomic E-state index is 0.0478. The zero-order chi connectivity index (χ0) is 14.3. The quantitative estimate of drug-likeness (QED) is 0.808. The summed E-state index contributed by atoms with van der Waals surface area (Å²) < 4.78 is 5.92. The molecular weight excluding hydrogens is 274 g/mol. The summed E-state index contributed by atoms with van der Waals surface area (Å²) in [6.45, 7) is 1.91. The maximum absolute atomic E-state index is 12.3. The number of carbonyl (C=O) groups excluding carboxylic acids is 1. The van der Waals surface area contributed by atoms with Crippen molar-refractivity contribution >= 4 is 23.1 Å². The van der Waals surface area contributed by atoms with Crippen LogP contribution in [0.1, 0.15) is 34.0 Å². The largest absolute Gasteiger partial charge is 0.482 e. The van der Waals surface area contributed by atoms with Gasteiger partial charge in [0.1, 0.15) is 6.10 Å². The Bertz CT molecular complexity index is 697. The smallest absolute Gasteiger partial charge is 0.170 e. The maximum Gasteiger partial charge on any atom is 0.170 e. The van der Waals surface area contributed by atoms with E-state index in [1.807, 2.05) is 37.3 Å². The summed E-state index contributed by atoms with van der Waals surface area (Å²) in [5, 5.41) is 0.626. The van der Waals surface area contributed by atoms with Gasteiger partial charge in [-0.3, -0.25) is 4.79 Å². The lowest BCUT2D eigenvalue weighted by molar-refractivity contribution is 0.0851. The number of anilines is 1. The van der Waals surface area contributed by atoms with Gasteiger partial charge in [0.15, 0.2) is 11.5 Å². The Hall–Kier alpha value is -2.00. The van der Waals surface area contributed by atoms with Gasteiger partial charge >= 0.3 is 0 Å². The minimum atomic E-state index is -0.335. The standard InChI is InChI=1S/C16H14ClNO2/c1-9-5-12-14(19)8-15(20-16(12)13(18)6-9)10-3-2-4-11(17)7-10/h2-7,15H,8,18H2,1H3. The van der Waals surface area contributed by atoms with Crippen LogP contribution in [0.3, 0.4) is 0 Å². The molecule has 1 heterocycles. The van der Waals surface area contributed by atoms with Crippen molar-refractivity contribution in [3.05, 3.63) is 58.1 Å². The molecular formula is C16H14ClNO2. The monoisotopic (exact) mass is 287 g/mol. The first-order valence-corrected chi connectivity index (χ1v) is 6.78. The average molecular weight is 288 g/mol. The molecule has 0 saturated heterocycles. The van der Waals surface area contributed by atoms with Crippen molar-refractivity contribution in [2.45, 2.75) is 19.4 Å². The first kappa shape index (κ1) is 13.0. The first-order chi connectivity index (χ1) is 9.54. The molecule has 0 aliphatic carbocycles. The predicted molar refractivity (Wildman–Crippen MR) is 79.4 cm³/mol. The van der Waals surface area contributed by atoms with Crippen molar-refractivity contribution in [2.75, 3.05) is 5.73 Å². The van der Waals surface area contributed by atoms with Crippen molar-refractivity contribution in [2.24, 2.45) is 0 Å². The van der Waals surface area contributed by atoms with E-state index in [4.69, 9.17) is 22.1 Å². The zero-order valence-corrected chi connectivity index (χ0v) is 11.8. The van der Waals surface area contributed by atoms with Crippen molar-refractivity contribution in [3.63, 3.8) is 0 Å². The molecule has 102 valence electrons. The number of carbonyl (C=O) groups is 1. The number of nitrogens with two attached hydrogens (primary N) is 1. The summed E-state index contributed by atoms with van der Waals surface area (Å²) in [6.07, 6.45) is -0.0327. The van der Waals surface area contributed by atoms with E-state index in [-0.39, 0.29) is 11.9 Å². The number of ketones is 1. The molecule has 1 aliphatic heterocycles. The van der Waals surface area contributed by atoms with Gasteiger partial charge in [-0.1, -0.05) is 23.7 Å². The van der Waals surface area contributed by atoms with Crippen molar-refractivity contribution in [1.29, 1.82) is 0 Å². The van der Waals surface area contributed by atoms with Gasteiger partial charge in [-0.2, -0.15) is 0 Å². The van der Waals surface area contributed by atoms with E-state index in [9.17, 15) is 4.79 Å². The number of nitrogen functional groups attached to an aromatic ring is 1. The van der Waals surface area contributed by atoms with Crippen molar-refractivity contribution in [3.8, 4) is 5.75 Å². The summed E-state index contributed by atoms with van der Waals surface area (Å²) in [5.74, 6) is 0.531. The molecule has 0 fully saturated rings. The minimum Gasteiger partial charge on any atom is -0.482 e. The highest BCUT2D eigenvalue weighted by molar-refractivity contribution is 6.30. The lowest BCUT2D eigenvalue weighted by Crippen LogP contribution is -2.21. The van der Waals surface area contributed by atoms with Gasteiger partial charge in [0.25, 0.3) is 0 Å². The number of ether oxygens (including phenoxy) is 1.